The van der Waals surface area contributed by atoms with Gasteiger partial charge in [0, 0.05) is 6.42 Å². The first-order chi connectivity index (χ1) is 13.7. The summed E-state index contributed by atoms with van der Waals surface area (Å²) in [6.07, 6.45) is 9.77. The molecule has 0 unspecified atom stereocenters. The van der Waals surface area contributed by atoms with Crippen LogP contribution in [0, 0.1) is 46.3 Å². The molecule has 4 aliphatic rings. The smallest absolute Gasteiger partial charge is 0.305 e. The van der Waals surface area contributed by atoms with Gasteiger partial charge in [0.1, 0.15) is 0 Å². The molecule has 166 valence electrons. The molecule has 4 heteroatoms. The lowest BCUT2D eigenvalue weighted by Crippen LogP contribution is -2.58. The van der Waals surface area contributed by atoms with Gasteiger partial charge in [-0.25, -0.2) is 0 Å². The van der Waals surface area contributed by atoms with Crippen LogP contribution in [0.5, 0.6) is 0 Å². The number of aliphatic hydroxyl groups is 2. The largest absolute Gasteiger partial charge is 0.469 e. The molecule has 0 aromatic carbocycles. The normalized spacial score (nSPS) is 50.2. The van der Waals surface area contributed by atoms with Crippen molar-refractivity contribution < 1.29 is 19.7 Å². The van der Waals surface area contributed by atoms with Crippen molar-refractivity contribution in [1.29, 1.82) is 0 Å². The van der Waals surface area contributed by atoms with Gasteiger partial charge in [-0.1, -0.05) is 20.8 Å². The van der Waals surface area contributed by atoms with Crippen molar-refractivity contribution in [1.82, 2.24) is 0 Å². The Labute approximate surface area is 176 Å². The zero-order valence-electron chi connectivity index (χ0n) is 18.9. The first-order valence-corrected chi connectivity index (χ1v) is 12.1. The van der Waals surface area contributed by atoms with E-state index in [0.717, 1.165) is 32.1 Å². The van der Waals surface area contributed by atoms with Gasteiger partial charge >= 0.3 is 5.97 Å². The van der Waals surface area contributed by atoms with Gasteiger partial charge in [-0.3, -0.25) is 4.79 Å². The molecule has 4 fully saturated rings. The third-order valence-corrected chi connectivity index (χ3v) is 10.4. The van der Waals surface area contributed by atoms with Gasteiger partial charge in [-0.15, -0.1) is 0 Å². The number of hydrogen-bond acceptors (Lipinski definition) is 4. The lowest BCUT2D eigenvalue weighted by atomic mass is 9.44. The van der Waals surface area contributed by atoms with E-state index in [1.807, 2.05) is 0 Å². The Balaban J connectivity index is 1.52. The molecule has 0 saturated heterocycles. The number of rotatable bonds is 4. The molecule has 4 nitrogen and oxygen atoms in total. The molecule has 4 rings (SSSR count). The Morgan fingerprint density at radius 1 is 1.00 bits per heavy atom. The Bertz CT molecular complexity index is 620. The summed E-state index contributed by atoms with van der Waals surface area (Å²) in [5.41, 5.74) is 0.533. The van der Waals surface area contributed by atoms with Crippen molar-refractivity contribution in [3.05, 3.63) is 0 Å². The Hall–Kier alpha value is -0.610. The lowest BCUT2D eigenvalue weighted by molar-refractivity contribution is -0.172. The number of methoxy groups -OCH3 is 1. The summed E-state index contributed by atoms with van der Waals surface area (Å²) in [7, 11) is 1.48. The number of hydrogen-bond donors (Lipinski definition) is 2. The van der Waals surface area contributed by atoms with Gasteiger partial charge in [0.05, 0.1) is 19.3 Å². The maximum absolute atomic E-state index is 11.6. The highest BCUT2D eigenvalue weighted by atomic mass is 16.5. The number of fused-ring (bicyclic) bond motifs is 5. The fourth-order valence-corrected chi connectivity index (χ4v) is 8.90. The molecular weight excluding hydrogens is 364 g/mol. The molecule has 29 heavy (non-hydrogen) atoms. The van der Waals surface area contributed by atoms with E-state index in [1.54, 1.807) is 0 Å². The highest BCUT2D eigenvalue weighted by Crippen LogP contribution is 2.68. The minimum absolute atomic E-state index is 0.0888. The van der Waals surface area contributed by atoms with E-state index in [2.05, 4.69) is 20.8 Å². The SMILES string of the molecule is COC(=O)CC[C@H](C)[C@H]1CC[C@H]2[C@@H]3C[C@@H](O)[C@H]4C[C@H](O)CC[C@]4(C)[C@H]3CC[C@]12C. The lowest BCUT2D eigenvalue weighted by Gasteiger charge is -2.62. The van der Waals surface area contributed by atoms with Crippen LogP contribution in [0.4, 0.5) is 0 Å². The van der Waals surface area contributed by atoms with E-state index in [1.165, 1.54) is 32.8 Å². The summed E-state index contributed by atoms with van der Waals surface area (Å²) in [6.45, 7) is 7.28. The summed E-state index contributed by atoms with van der Waals surface area (Å²) in [6, 6.07) is 0. The van der Waals surface area contributed by atoms with Gasteiger partial charge in [0.15, 0.2) is 0 Å². The molecule has 4 aliphatic carbocycles. The number of ether oxygens (including phenoxy) is 1. The van der Waals surface area contributed by atoms with Crippen LogP contribution in [0.3, 0.4) is 0 Å². The summed E-state index contributed by atoms with van der Waals surface area (Å²) >= 11 is 0. The molecule has 0 aliphatic heterocycles. The van der Waals surface area contributed by atoms with E-state index in [4.69, 9.17) is 4.74 Å². The second-order valence-electron chi connectivity index (χ2n) is 11.5. The molecule has 0 aromatic heterocycles. The number of aliphatic hydroxyl groups excluding tert-OH is 2. The van der Waals surface area contributed by atoms with E-state index >= 15 is 0 Å². The van der Waals surface area contributed by atoms with Crippen molar-refractivity contribution in [3.63, 3.8) is 0 Å². The van der Waals surface area contributed by atoms with Crippen molar-refractivity contribution in [2.75, 3.05) is 7.11 Å². The van der Waals surface area contributed by atoms with Gasteiger partial charge in [0.2, 0.25) is 0 Å². The van der Waals surface area contributed by atoms with Gasteiger partial charge < -0.3 is 14.9 Å². The van der Waals surface area contributed by atoms with Crippen LogP contribution >= 0.6 is 0 Å². The molecule has 0 bridgehead atoms. The number of esters is 1. The van der Waals surface area contributed by atoms with Crippen LogP contribution in [-0.4, -0.2) is 35.5 Å². The Morgan fingerprint density at radius 2 is 1.69 bits per heavy atom. The number of carbonyl (C=O) groups excluding carboxylic acids is 1. The standard InChI is InChI=1S/C25H42O4/c1-15(5-8-23(28)29-4)18-6-7-19-17-14-22(27)21-13-16(26)9-11-25(21,3)20(17)10-12-24(18,19)2/h15-22,26-27H,5-14H2,1-4H3/t15-,16+,17-,18+,19-,20-,21+,22+,24+,25+/m0/s1. The fourth-order valence-electron chi connectivity index (χ4n) is 8.90. The summed E-state index contributed by atoms with van der Waals surface area (Å²) in [5, 5.41) is 21.3. The minimum Gasteiger partial charge on any atom is -0.469 e. The van der Waals surface area contributed by atoms with Crippen LogP contribution in [0.1, 0.15) is 85.0 Å². The van der Waals surface area contributed by atoms with Crippen LogP contribution in [0.25, 0.3) is 0 Å². The minimum atomic E-state index is -0.255. The van der Waals surface area contributed by atoms with Crippen LogP contribution in [-0.2, 0) is 9.53 Å². The maximum atomic E-state index is 11.6. The summed E-state index contributed by atoms with van der Waals surface area (Å²) in [4.78, 5) is 11.6. The topological polar surface area (TPSA) is 66.8 Å². The van der Waals surface area contributed by atoms with E-state index in [-0.39, 0.29) is 29.5 Å². The highest BCUT2D eigenvalue weighted by Gasteiger charge is 2.62. The molecule has 10 atom stereocenters. The molecule has 0 radical (unpaired) electrons. The van der Waals surface area contributed by atoms with E-state index in [9.17, 15) is 15.0 Å². The van der Waals surface area contributed by atoms with Gasteiger partial charge in [0.25, 0.3) is 0 Å². The average Bonchev–Trinajstić information content (AvgIpc) is 3.05. The number of carbonyl (C=O) groups is 1. The van der Waals surface area contributed by atoms with Gasteiger partial charge in [-0.05, 0) is 104 Å². The fraction of sp³-hybridized carbons (Fsp3) is 0.960. The zero-order chi connectivity index (χ0) is 21.0. The Kier molecular flexibility index (Phi) is 5.83. The molecule has 4 saturated carbocycles. The third-order valence-electron chi connectivity index (χ3n) is 10.4. The maximum Gasteiger partial charge on any atom is 0.305 e. The average molecular weight is 407 g/mol. The van der Waals surface area contributed by atoms with Crippen LogP contribution < -0.4 is 0 Å². The summed E-state index contributed by atoms with van der Waals surface area (Å²) < 4.78 is 4.86. The second kappa shape index (κ2) is 7.82. The summed E-state index contributed by atoms with van der Waals surface area (Å²) in [5.74, 6) is 3.42. The third kappa shape index (κ3) is 3.46. The van der Waals surface area contributed by atoms with E-state index < -0.39 is 0 Å². The predicted molar refractivity (Wildman–Crippen MR) is 113 cm³/mol. The van der Waals surface area contributed by atoms with Crippen molar-refractivity contribution in [2.45, 2.75) is 97.2 Å². The molecular formula is C25H42O4. The van der Waals surface area contributed by atoms with Crippen LogP contribution in [0.15, 0.2) is 0 Å². The zero-order valence-corrected chi connectivity index (χ0v) is 18.9. The molecule has 0 amide bonds. The Morgan fingerprint density at radius 3 is 2.41 bits per heavy atom. The van der Waals surface area contributed by atoms with Crippen molar-refractivity contribution in [3.8, 4) is 0 Å². The predicted octanol–water partition coefficient (Wildman–Crippen LogP) is 4.57. The molecule has 0 spiro atoms. The van der Waals surface area contributed by atoms with Crippen molar-refractivity contribution in [2.24, 2.45) is 46.3 Å². The van der Waals surface area contributed by atoms with E-state index in [0.29, 0.717) is 41.4 Å². The van der Waals surface area contributed by atoms with Gasteiger partial charge in [-0.2, -0.15) is 0 Å². The molecule has 0 aromatic rings. The molecule has 0 heterocycles. The monoisotopic (exact) mass is 406 g/mol. The van der Waals surface area contributed by atoms with Crippen molar-refractivity contribution >= 4 is 5.97 Å². The molecule has 2 N–H and O–H groups in total. The first-order valence-electron chi connectivity index (χ1n) is 12.1. The van der Waals surface area contributed by atoms with Crippen LogP contribution in [0.2, 0.25) is 0 Å². The quantitative estimate of drug-likeness (QED) is 0.671. The highest BCUT2D eigenvalue weighted by molar-refractivity contribution is 5.69. The first kappa shape index (κ1) is 21.6. The second-order valence-corrected chi connectivity index (χ2v) is 11.5.